The number of carbonyl (C=O) groups excluding carboxylic acids is 1. The van der Waals surface area contributed by atoms with Crippen molar-refractivity contribution in [2.75, 3.05) is 5.75 Å². The largest absolute Gasteiger partial charge is 0.293 e. The Morgan fingerprint density at radius 1 is 1.30 bits per heavy atom. The Hall–Kier alpha value is -2.21. The molecule has 0 saturated carbocycles. The van der Waals surface area contributed by atoms with Gasteiger partial charge in [0.05, 0.1) is 5.75 Å². The van der Waals surface area contributed by atoms with Gasteiger partial charge in [-0.3, -0.25) is 4.79 Å². The zero-order chi connectivity index (χ0) is 13.9. The van der Waals surface area contributed by atoms with Crippen molar-refractivity contribution < 1.29 is 4.79 Å². The van der Waals surface area contributed by atoms with E-state index in [4.69, 9.17) is 0 Å². The molecule has 6 heteroatoms. The first-order chi connectivity index (χ1) is 9.72. The number of Topliss-reactive ketones (excluding diaryl/α,β-unsaturated/α-hetero) is 1. The molecule has 0 unspecified atom stereocenters. The Morgan fingerprint density at radius 2 is 2.10 bits per heavy atom. The van der Waals surface area contributed by atoms with Gasteiger partial charge in [-0.25, -0.2) is 9.50 Å². The highest BCUT2D eigenvalue weighted by molar-refractivity contribution is 7.99. The minimum absolute atomic E-state index is 0.0711. The first-order valence-electron chi connectivity index (χ1n) is 6.12. The van der Waals surface area contributed by atoms with Crippen molar-refractivity contribution in [3.63, 3.8) is 0 Å². The number of hydrogen-bond donors (Lipinski definition) is 0. The monoisotopic (exact) mass is 284 g/mol. The van der Waals surface area contributed by atoms with E-state index < -0.39 is 0 Å². The van der Waals surface area contributed by atoms with Gasteiger partial charge in [-0.15, -0.1) is 5.10 Å². The van der Waals surface area contributed by atoms with Crippen molar-refractivity contribution in [3.05, 3.63) is 53.9 Å². The summed E-state index contributed by atoms with van der Waals surface area (Å²) in [5.41, 5.74) is 1.85. The lowest BCUT2D eigenvalue weighted by Crippen LogP contribution is -2.02. The van der Waals surface area contributed by atoms with Gasteiger partial charge in [0.25, 0.3) is 5.78 Å². The van der Waals surface area contributed by atoms with Gasteiger partial charge in [0.1, 0.15) is 0 Å². The lowest BCUT2D eigenvalue weighted by atomic mass is 10.1. The van der Waals surface area contributed by atoms with Crippen LogP contribution in [0.25, 0.3) is 5.78 Å². The molecule has 0 N–H and O–H groups in total. The number of hydrogen-bond acceptors (Lipinski definition) is 5. The average molecular weight is 284 g/mol. The summed E-state index contributed by atoms with van der Waals surface area (Å²) in [5.74, 6) is 0.930. The summed E-state index contributed by atoms with van der Waals surface area (Å²) in [6, 6.07) is 9.34. The maximum Gasteiger partial charge on any atom is 0.253 e. The van der Waals surface area contributed by atoms with Crippen molar-refractivity contribution in [2.45, 2.75) is 12.1 Å². The summed E-state index contributed by atoms with van der Waals surface area (Å²) in [5, 5.41) is 4.81. The smallest absolute Gasteiger partial charge is 0.253 e. The predicted molar refractivity (Wildman–Crippen MR) is 77.0 cm³/mol. The molecule has 0 spiro atoms. The van der Waals surface area contributed by atoms with Gasteiger partial charge < -0.3 is 0 Å². The van der Waals surface area contributed by atoms with E-state index in [0.717, 1.165) is 5.56 Å². The lowest BCUT2D eigenvalue weighted by Gasteiger charge is -1.99. The van der Waals surface area contributed by atoms with Crippen molar-refractivity contribution in [1.82, 2.24) is 19.6 Å². The zero-order valence-corrected chi connectivity index (χ0v) is 11.7. The third-order valence-corrected chi connectivity index (χ3v) is 3.64. The summed E-state index contributed by atoms with van der Waals surface area (Å²) < 4.78 is 1.60. The van der Waals surface area contributed by atoms with Crippen LogP contribution in [0.2, 0.25) is 0 Å². The van der Waals surface area contributed by atoms with Crippen molar-refractivity contribution >= 4 is 23.3 Å². The van der Waals surface area contributed by atoms with Crippen LogP contribution in [0.1, 0.15) is 15.9 Å². The molecule has 3 aromatic rings. The Bertz CT molecular complexity index is 718. The Labute approximate surface area is 120 Å². The van der Waals surface area contributed by atoms with Crippen molar-refractivity contribution in [3.8, 4) is 0 Å². The van der Waals surface area contributed by atoms with Crippen molar-refractivity contribution in [2.24, 2.45) is 0 Å². The molecule has 0 atom stereocenters. The number of thioether (sulfide) groups is 1. The number of carbonyl (C=O) groups is 1. The minimum atomic E-state index is 0.0711. The Kier molecular flexibility index (Phi) is 3.47. The second kappa shape index (κ2) is 5.42. The molecule has 0 fully saturated rings. The molecule has 20 heavy (non-hydrogen) atoms. The number of aryl methyl sites for hydroxylation is 1. The van der Waals surface area contributed by atoms with E-state index in [1.807, 2.05) is 31.2 Å². The molecule has 3 rings (SSSR count). The van der Waals surface area contributed by atoms with Gasteiger partial charge >= 0.3 is 0 Å². The standard InChI is InChI=1S/C14H12N4OS/c1-10-3-5-11(6-4-10)12(19)9-20-14-16-13-15-7-2-8-18(13)17-14/h2-8H,9H2,1H3. The Morgan fingerprint density at radius 3 is 2.85 bits per heavy atom. The minimum Gasteiger partial charge on any atom is -0.293 e. The number of nitrogens with zero attached hydrogens (tertiary/aromatic N) is 4. The van der Waals surface area contributed by atoms with E-state index in [0.29, 0.717) is 22.3 Å². The number of ketones is 1. The fourth-order valence-corrected chi connectivity index (χ4v) is 2.45. The highest BCUT2D eigenvalue weighted by atomic mass is 32.2. The summed E-state index contributed by atoms with van der Waals surface area (Å²) in [4.78, 5) is 20.4. The highest BCUT2D eigenvalue weighted by Gasteiger charge is 2.10. The van der Waals surface area contributed by atoms with Gasteiger partial charge in [0.15, 0.2) is 5.78 Å². The number of rotatable bonds is 4. The molecule has 2 aromatic heterocycles. The molecule has 0 aliphatic carbocycles. The van der Waals surface area contributed by atoms with Crippen molar-refractivity contribution in [1.29, 1.82) is 0 Å². The van der Waals surface area contributed by atoms with E-state index in [1.165, 1.54) is 11.8 Å². The maximum atomic E-state index is 12.0. The van der Waals surface area contributed by atoms with Crippen LogP contribution in [0.15, 0.2) is 47.9 Å². The van der Waals surface area contributed by atoms with E-state index in [-0.39, 0.29) is 5.78 Å². The fourth-order valence-electron chi connectivity index (χ4n) is 1.73. The normalized spacial score (nSPS) is 10.8. The SMILES string of the molecule is Cc1ccc(C(=O)CSc2nc3ncccn3n2)cc1. The molecule has 0 saturated heterocycles. The maximum absolute atomic E-state index is 12.0. The zero-order valence-electron chi connectivity index (χ0n) is 10.9. The van der Waals surface area contributed by atoms with Gasteiger partial charge in [0, 0.05) is 18.0 Å². The number of fused-ring (bicyclic) bond motifs is 1. The van der Waals surface area contributed by atoms with E-state index >= 15 is 0 Å². The molecule has 0 amide bonds. The first-order valence-corrected chi connectivity index (χ1v) is 7.11. The number of aromatic nitrogens is 4. The van der Waals surface area contributed by atoms with Crippen LogP contribution in [0.5, 0.6) is 0 Å². The summed E-state index contributed by atoms with van der Waals surface area (Å²) >= 11 is 1.32. The third-order valence-electron chi connectivity index (χ3n) is 2.80. The Balaban J connectivity index is 1.69. The molecule has 0 bridgehead atoms. The van der Waals surface area contributed by atoms with E-state index in [1.54, 1.807) is 23.0 Å². The van der Waals surface area contributed by atoms with Crippen LogP contribution in [-0.2, 0) is 0 Å². The lowest BCUT2D eigenvalue weighted by molar-refractivity contribution is 0.102. The molecule has 0 aliphatic rings. The molecule has 5 nitrogen and oxygen atoms in total. The summed E-state index contributed by atoms with van der Waals surface area (Å²) in [6.07, 6.45) is 3.44. The summed E-state index contributed by atoms with van der Waals surface area (Å²) in [6.45, 7) is 2.00. The topological polar surface area (TPSA) is 60.2 Å². The van der Waals surface area contributed by atoms with E-state index in [2.05, 4.69) is 15.1 Å². The van der Waals surface area contributed by atoms with Gasteiger partial charge in [-0.2, -0.15) is 4.98 Å². The van der Waals surface area contributed by atoms with Gasteiger partial charge in [-0.1, -0.05) is 41.6 Å². The first kappa shape index (κ1) is 12.8. The molecular formula is C14H12N4OS. The molecule has 0 aliphatic heterocycles. The van der Waals surface area contributed by atoms with Gasteiger partial charge in [0.2, 0.25) is 5.16 Å². The predicted octanol–water partition coefficient (Wildman–Crippen LogP) is 2.41. The average Bonchev–Trinajstić information content (AvgIpc) is 2.88. The second-order valence-corrected chi connectivity index (χ2v) is 5.28. The van der Waals surface area contributed by atoms with Crippen LogP contribution in [0.3, 0.4) is 0 Å². The van der Waals surface area contributed by atoms with Crippen LogP contribution < -0.4 is 0 Å². The fraction of sp³-hybridized carbons (Fsp3) is 0.143. The van der Waals surface area contributed by atoms with Gasteiger partial charge in [-0.05, 0) is 13.0 Å². The molecule has 1 aromatic carbocycles. The molecule has 0 radical (unpaired) electrons. The molecule has 100 valence electrons. The number of benzene rings is 1. The molecule has 2 heterocycles. The quantitative estimate of drug-likeness (QED) is 0.544. The van der Waals surface area contributed by atoms with Crippen LogP contribution in [-0.4, -0.2) is 31.1 Å². The molecular weight excluding hydrogens is 272 g/mol. The van der Waals surface area contributed by atoms with Crippen LogP contribution in [0.4, 0.5) is 0 Å². The second-order valence-electron chi connectivity index (χ2n) is 4.34. The van der Waals surface area contributed by atoms with Crippen LogP contribution >= 0.6 is 11.8 Å². The highest BCUT2D eigenvalue weighted by Crippen LogP contribution is 2.16. The van der Waals surface area contributed by atoms with Crippen LogP contribution in [0, 0.1) is 6.92 Å². The van der Waals surface area contributed by atoms with E-state index in [9.17, 15) is 4.79 Å². The third kappa shape index (κ3) is 2.70. The summed E-state index contributed by atoms with van der Waals surface area (Å²) in [7, 11) is 0.